The molecule has 2 heterocycles. The number of hydrogen-bond donors (Lipinski definition) is 3. The minimum atomic E-state index is -0.726. The maximum Gasteiger partial charge on any atom is 0.325 e. The van der Waals surface area contributed by atoms with E-state index in [9.17, 15) is 14.7 Å². The molecule has 0 radical (unpaired) electrons. The Morgan fingerprint density at radius 1 is 1.39 bits per heavy atom. The van der Waals surface area contributed by atoms with Crippen LogP contribution in [0.25, 0.3) is 0 Å². The van der Waals surface area contributed by atoms with Crippen LogP contribution in [-0.2, 0) is 4.79 Å². The number of carbonyl (C=O) groups is 2. The van der Waals surface area contributed by atoms with E-state index in [0.29, 0.717) is 11.7 Å². The fraction of sp³-hybridized carbons (Fsp3) is 0.444. The summed E-state index contributed by atoms with van der Waals surface area (Å²) in [5.41, 5.74) is 4.47. The van der Waals surface area contributed by atoms with Crippen molar-refractivity contribution in [3.8, 4) is 5.75 Å². The molecule has 10 nitrogen and oxygen atoms in total. The van der Waals surface area contributed by atoms with Gasteiger partial charge in [0.15, 0.2) is 12.2 Å². The third kappa shape index (κ3) is 3.77. The van der Waals surface area contributed by atoms with Crippen molar-refractivity contribution in [1.29, 1.82) is 0 Å². The van der Waals surface area contributed by atoms with E-state index in [0.717, 1.165) is 11.3 Å². The number of nitrogens with one attached hydrogen (secondary N) is 2. The van der Waals surface area contributed by atoms with Gasteiger partial charge in [-0.15, -0.1) is 0 Å². The molecule has 1 saturated heterocycles. The standard InChI is InChI=1S/C18H24N6O4/c1-10(25)9-24-14-15(23(3)18(27)20-16(14)26)19-17(24)22-21-11(2)12-5-7-13(28-4)8-6-12/h5-8,10,14-15,25H,9H2,1-4H3,(H,19,22)(H,20,26,27)/b21-11+. The van der Waals surface area contributed by atoms with Gasteiger partial charge in [0.05, 0.1) is 18.9 Å². The van der Waals surface area contributed by atoms with Gasteiger partial charge in [-0.1, -0.05) is 0 Å². The lowest BCUT2D eigenvalue weighted by molar-refractivity contribution is -0.127. The topological polar surface area (TPSA) is 119 Å². The molecular formula is C18H24N6O4. The van der Waals surface area contributed by atoms with Crippen molar-refractivity contribution >= 4 is 23.6 Å². The lowest BCUT2D eigenvalue weighted by Crippen LogP contribution is -2.64. The Labute approximate surface area is 162 Å². The van der Waals surface area contributed by atoms with E-state index in [-0.39, 0.29) is 6.54 Å². The van der Waals surface area contributed by atoms with Crippen LogP contribution in [0.1, 0.15) is 19.4 Å². The number of β-amino-alcohol motifs (C(OH)–C–C–N with tert-alkyl or cyclic N) is 1. The lowest BCUT2D eigenvalue weighted by Gasteiger charge is -2.36. The average molecular weight is 388 g/mol. The SMILES string of the molecule is COc1ccc(/C(C)=N/NC2=NC3C(C(=O)NC(=O)N3C)N2CC(C)O)cc1. The molecule has 3 unspecified atom stereocenters. The molecule has 0 saturated carbocycles. The Balaban J connectivity index is 1.83. The summed E-state index contributed by atoms with van der Waals surface area (Å²) in [5.74, 6) is 0.612. The average Bonchev–Trinajstić information content (AvgIpc) is 3.02. The number of benzene rings is 1. The van der Waals surface area contributed by atoms with Gasteiger partial charge in [0.2, 0.25) is 5.96 Å². The lowest BCUT2D eigenvalue weighted by atomic mass is 10.1. The number of aliphatic hydroxyl groups is 1. The molecule has 2 aliphatic rings. The summed E-state index contributed by atoms with van der Waals surface area (Å²) >= 11 is 0. The number of guanidine groups is 1. The second-order valence-electron chi connectivity index (χ2n) is 6.76. The first kappa shape index (κ1) is 19.6. The summed E-state index contributed by atoms with van der Waals surface area (Å²) in [7, 11) is 3.17. The minimum absolute atomic E-state index is 0.166. The third-order valence-corrected chi connectivity index (χ3v) is 4.65. The Hall–Kier alpha value is -3.14. The first-order chi connectivity index (χ1) is 13.3. The quantitative estimate of drug-likeness (QED) is 0.480. The molecule has 3 rings (SSSR count). The fourth-order valence-electron chi connectivity index (χ4n) is 3.13. The third-order valence-electron chi connectivity index (χ3n) is 4.65. The predicted molar refractivity (Wildman–Crippen MR) is 103 cm³/mol. The zero-order valence-electron chi connectivity index (χ0n) is 16.2. The van der Waals surface area contributed by atoms with Gasteiger partial charge in [0, 0.05) is 13.6 Å². The van der Waals surface area contributed by atoms with E-state index in [4.69, 9.17) is 4.74 Å². The van der Waals surface area contributed by atoms with Crippen LogP contribution in [0.4, 0.5) is 4.79 Å². The van der Waals surface area contributed by atoms with Crippen LogP contribution in [0, 0.1) is 0 Å². The highest BCUT2D eigenvalue weighted by atomic mass is 16.5. The number of aliphatic hydroxyl groups excluding tert-OH is 1. The Kier molecular flexibility index (Phi) is 5.50. The number of hydrazone groups is 1. The minimum Gasteiger partial charge on any atom is -0.497 e. The van der Waals surface area contributed by atoms with Crippen LogP contribution >= 0.6 is 0 Å². The molecule has 1 aromatic carbocycles. The maximum absolute atomic E-state index is 12.4. The van der Waals surface area contributed by atoms with Crippen molar-refractivity contribution in [3.63, 3.8) is 0 Å². The number of fused-ring (bicyclic) bond motifs is 1. The summed E-state index contributed by atoms with van der Waals surface area (Å²) < 4.78 is 5.15. The first-order valence-corrected chi connectivity index (χ1v) is 8.86. The maximum atomic E-state index is 12.4. The predicted octanol–water partition coefficient (Wildman–Crippen LogP) is -0.0625. The van der Waals surface area contributed by atoms with Crippen LogP contribution in [0.2, 0.25) is 0 Å². The van der Waals surface area contributed by atoms with Crippen molar-refractivity contribution in [2.45, 2.75) is 32.2 Å². The van der Waals surface area contributed by atoms with Gasteiger partial charge >= 0.3 is 6.03 Å². The van der Waals surface area contributed by atoms with Crippen molar-refractivity contribution in [1.82, 2.24) is 20.5 Å². The van der Waals surface area contributed by atoms with E-state index < -0.39 is 30.2 Å². The van der Waals surface area contributed by atoms with Gasteiger partial charge in [-0.25, -0.2) is 15.2 Å². The largest absolute Gasteiger partial charge is 0.497 e. The number of amides is 3. The first-order valence-electron chi connectivity index (χ1n) is 8.86. The number of nitrogens with zero attached hydrogens (tertiary/aromatic N) is 4. The highest BCUT2D eigenvalue weighted by molar-refractivity contribution is 6.04. The van der Waals surface area contributed by atoms with E-state index in [1.165, 1.54) is 4.90 Å². The van der Waals surface area contributed by atoms with Crippen molar-refractivity contribution < 1.29 is 19.4 Å². The zero-order valence-corrected chi connectivity index (χ0v) is 16.2. The molecule has 1 aromatic rings. The van der Waals surface area contributed by atoms with E-state index in [2.05, 4.69) is 20.8 Å². The molecule has 28 heavy (non-hydrogen) atoms. The number of rotatable bonds is 5. The number of ether oxygens (including phenoxy) is 1. The molecule has 2 aliphatic heterocycles. The molecule has 10 heteroatoms. The molecule has 3 atom stereocenters. The van der Waals surface area contributed by atoms with Gasteiger partial charge in [0.25, 0.3) is 5.91 Å². The van der Waals surface area contributed by atoms with Crippen LogP contribution in [0.5, 0.6) is 5.75 Å². The molecule has 0 spiro atoms. The van der Waals surface area contributed by atoms with E-state index in [1.807, 2.05) is 31.2 Å². The Bertz CT molecular complexity index is 820. The summed E-state index contributed by atoms with van der Waals surface area (Å²) in [6.45, 7) is 3.62. The van der Waals surface area contributed by atoms with Gasteiger partial charge in [-0.2, -0.15) is 5.10 Å². The Morgan fingerprint density at radius 2 is 2.07 bits per heavy atom. The summed E-state index contributed by atoms with van der Waals surface area (Å²) in [6, 6.07) is 6.19. The van der Waals surface area contributed by atoms with Crippen molar-refractivity contribution in [2.75, 3.05) is 20.7 Å². The van der Waals surface area contributed by atoms with Gasteiger partial charge in [0.1, 0.15) is 5.75 Å². The monoisotopic (exact) mass is 388 g/mol. The summed E-state index contributed by atoms with van der Waals surface area (Å²) in [4.78, 5) is 31.7. The molecular weight excluding hydrogens is 364 g/mol. The second kappa shape index (κ2) is 7.85. The van der Waals surface area contributed by atoms with Crippen LogP contribution in [0.3, 0.4) is 0 Å². The van der Waals surface area contributed by atoms with Crippen LogP contribution in [0.15, 0.2) is 34.4 Å². The van der Waals surface area contributed by atoms with E-state index in [1.54, 1.807) is 26.0 Å². The molecule has 3 amide bonds. The second-order valence-corrected chi connectivity index (χ2v) is 6.76. The molecule has 3 N–H and O–H groups in total. The fourth-order valence-corrected chi connectivity index (χ4v) is 3.13. The Morgan fingerprint density at radius 3 is 2.68 bits per heavy atom. The van der Waals surface area contributed by atoms with Crippen molar-refractivity contribution in [2.24, 2.45) is 10.1 Å². The smallest absolute Gasteiger partial charge is 0.325 e. The van der Waals surface area contributed by atoms with Crippen molar-refractivity contribution in [3.05, 3.63) is 29.8 Å². The number of urea groups is 1. The molecule has 0 aliphatic carbocycles. The van der Waals surface area contributed by atoms with Gasteiger partial charge < -0.3 is 19.6 Å². The highest BCUT2D eigenvalue weighted by Crippen LogP contribution is 2.23. The molecule has 0 aromatic heterocycles. The number of aliphatic imine (C=N–C) groups is 1. The van der Waals surface area contributed by atoms with E-state index >= 15 is 0 Å². The van der Waals surface area contributed by atoms with Crippen LogP contribution < -0.4 is 15.5 Å². The van der Waals surface area contributed by atoms with Gasteiger partial charge in [-0.3, -0.25) is 10.1 Å². The zero-order chi connectivity index (χ0) is 20.4. The molecule has 1 fully saturated rings. The summed E-state index contributed by atoms with van der Waals surface area (Å²) in [5, 5.41) is 16.5. The summed E-state index contributed by atoms with van der Waals surface area (Å²) in [6.07, 6.45) is -1.38. The highest BCUT2D eigenvalue weighted by Gasteiger charge is 2.48. The normalized spacial score (nSPS) is 23.2. The number of imide groups is 1. The number of likely N-dealkylation sites (N-methyl/N-ethyl adjacent to an activating group) is 1. The number of hydrogen-bond acceptors (Lipinski definition) is 8. The number of carbonyl (C=O) groups excluding carboxylic acids is 2. The van der Waals surface area contributed by atoms with Crippen LogP contribution in [-0.4, -0.2) is 77.5 Å². The molecule has 0 bridgehead atoms. The number of methoxy groups -OCH3 is 1. The van der Waals surface area contributed by atoms with Gasteiger partial charge in [-0.05, 0) is 43.7 Å². The molecule has 150 valence electrons.